The highest BCUT2D eigenvalue weighted by atomic mass is 79.9. The molecule has 0 aliphatic carbocycles. The minimum atomic E-state index is 0.525. The van der Waals surface area contributed by atoms with Gasteiger partial charge in [0.2, 0.25) is 0 Å². The summed E-state index contributed by atoms with van der Waals surface area (Å²) in [6.45, 7) is 1.09. The van der Waals surface area contributed by atoms with Crippen LogP contribution in [0.1, 0.15) is 11.1 Å². The number of ether oxygens (including phenoxy) is 2. The number of anilines is 1. The first-order chi connectivity index (χ1) is 9.20. The lowest BCUT2D eigenvalue weighted by Crippen LogP contribution is -1.97. The maximum atomic E-state index is 5.82. The van der Waals surface area contributed by atoms with E-state index in [2.05, 4.69) is 15.9 Å². The van der Waals surface area contributed by atoms with Crippen molar-refractivity contribution in [3.63, 3.8) is 0 Å². The second kappa shape index (κ2) is 6.59. The maximum absolute atomic E-state index is 5.82. The van der Waals surface area contributed by atoms with Crippen molar-refractivity contribution in [2.45, 2.75) is 13.2 Å². The highest BCUT2D eigenvalue weighted by molar-refractivity contribution is 9.10. The van der Waals surface area contributed by atoms with Gasteiger partial charge in [-0.05, 0) is 45.3 Å². The minimum absolute atomic E-state index is 0.525. The molecule has 3 nitrogen and oxygen atoms in total. The van der Waals surface area contributed by atoms with Crippen LogP contribution in [-0.4, -0.2) is 7.11 Å². The van der Waals surface area contributed by atoms with Gasteiger partial charge in [0.1, 0.15) is 5.75 Å². The van der Waals surface area contributed by atoms with Crippen LogP contribution in [0.2, 0.25) is 0 Å². The van der Waals surface area contributed by atoms with Crippen molar-refractivity contribution < 1.29 is 9.47 Å². The second-order valence-electron chi connectivity index (χ2n) is 4.16. The number of halogens is 1. The van der Waals surface area contributed by atoms with Crippen LogP contribution >= 0.6 is 15.9 Å². The van der Waals surface area contributed by atoms with Gasteiger partial charge in [-0.2, -0.15) is 0 Å². The molecule has 0 fully saturated rings. The van der Waals surface area contributed by atoms with Crippen LogP contribution in [0.4, 0.5) is 5.69 Å². The molecule has 0 saturated carbocycles. The van der Waals surface area contributed by atoms with Crippen molar-refractivity contribution in [2.75, 3.05) is 12.8 Å². The van der Waals surface area contributed by atoms with Gasteiger partial charge in [0.25, 0.3) is 0 Å². The Balaban J connectivity index is 1.90. The van der Waals surface area contributed by atoms with E-state index in [1.165, 1.54) is 0 Å². The van der Waals surface area contributed by atoms with Gasteiger partial charge in [-0.15, -0.1) is 0 Å². The molecular formula is C15H16BrNO2. The molecular weight excluding hydrogens is 306 g/mol. The predicted molar refractivity (Wildman–Crippen MR) is 80.0 cm³/mol. The molecule has 2 rings (SSSR count). The van der Waals surface area contributed by atoms with E-state index in [4.69, 9.17) is 15.2 Å². The third-order valence-corrected chi connectivity index (χ3v) is 3.76. The van der Waals surface area contributed by atoms with Crippen LogP contribution < -0.4 is 10.5 Å². The summed E-state index contributed by atoms with van der Waals surface area (Å²) in [6.07, 6.45) is 0. The summed E-state index contributed by atoms with van der Waals surface area (Å²) in [5.41, 5.74) is 8.71. The minimum Gasteiger partial charge on any atom is -0.497 e. The van der Waals surface area contributed by atoms with E-state index < -0.39 is 0 Å². The zero-order chi connectivity index (χ0) is 13.7. The van der Waals surface area contributed by atoms with Gasteiger partial charge in [0, 0.05) is 10.2 Å². The van der Waals surface area contributed by atoms with E-state index in [0.29, 0.717) is 13.2 Å². The lowest BCUT2D eigenvalue weighted by Gasteiger charge is -2.08. The largest absolute Gasteiger partial charge is 0.497 e. The molecule has 0 amide bonds. The summed E-state index contributed by atoms with van der Waals surface area (Å²) >= 11 is 3.46. The molecule has 0 aliphatic rings. The Morgan fingerprint density at radius 1 is 1.05 bits per heavy atom. The number of benzene rings is 2. The van der Waals surface area contributed by atoms with Crippen LogP contribution in [0.5, 0.6) is 5.75 Å². The maximum Gasteiger partial charge on any atom is 0.118 e. The molecule has 0 spiro atoms. The van der Waals surface area contributed by atoms with Gasteiger partial charge in [0.05, 0.1) is 20.3 Å². The van der Waals surface area contributed by atoms with Crippen LogP contribution in [0, 0.1) is 0 Å². The van der Waals surface area contributed by atoms with Gasteiger partial charge in [-0.3, -0.25) is 0 Å². The monoisotopic (exact) mass is 321 g/mol. The van der Waals surface area contributed by atoms with Gasteiger partial charge < -0.3 is 15.2 Å². The van der Waals surface area contributed by atoms with Crippen molar-refractivity contribution in [1.82, 2.24) is 0 Å². The first-order valence-electron chi connectivity index (χ1n) is 5.94. The SMILES string of the molecule is COc1ccc(COCc2cccc(N)c2Br)cc1. The summed E-state index contributed by atoms with van der Waals surface area (Å²) in [4.78, 5) is 0. The number of nitrogen functional groups attached to an aromatic ring is 1. The molecule has 2 aromatic rings. The van der Waals surface area contributed by atoms with E-state index in [-0.39, 0.29) is 0 Å². The van der Waals surface area contributed by atoms with Crippen molar-refractivity contribution in [3.8, 4) is 5.75 Å². The molecule has 0 unspecified atom stereocenters. The average molecular weight is 322 g/mol. The molecule has 100 valence electrons. The van der Waals surface area contributed by atoms with Crippen LogP contribution in [0.15, 0.2) is 46.9 Å². The Bertz CT molecular complexity index is 540. The summed E-state index contributed by atoms with van der Waals surface area (Å²) in [6, 6.07) is 13.6. The van der Waals surface area contributed by atoms with E-state index in [1.54, 1.807) is 7.11 Å². The van der Waals surface area contributed by atoms with Crippen molar-refractivity contribution in [3.05, 3.63) is 58.1 Å². The van der Waals surface area contributed by atoms with Gasteiger partial charge >= 0.3 is 0 Å². The third-order valence-electron chi connectivity index (χ3n) is 2.79. The zero-order valence-corrected chi connectivity index (χ0v) is 12.3. The second-order valence-corrected chi connectivity index (χ2v) is 4.95. The molecule has 2 aromatic carbocycles. The van der Waals surface area contributed by atoms with E-state index in [9.17, 15) is 0 Å². The van der Waals surface area contributed by atoms with Crippen molar-refractivity contribution in [2.24, 2.45) is 0 Å². The number of rotatable bonds is 5. The molecule has 0 bridgehead atoms. The van der Waals surface area contributed by atoms with Crippen molar-refractivity contribution >= 4 is 21.6 Å². The van der Waals surface area contributed by atoms with Gasteiger partial charge in [-0.1, -0.05) is 24.3 Å². The van der Waals surface area contributed by atoms with Gasteiger partial charge in [0.15, 0.2) is 0 Å². The molecule has 0 radical (unpaired) electrons. The molecule has 19 heavy (non-hydrogen) atoms. The normalized spacial score (nSPS) is 10.4. The molecule has 2 N–H and O–H groups in total. The lowest BCUT2D eigenvalue weighted by atomic mass is 10.2. The van der Waals surface area contributed by atoms with Gasteiger partial charge in [-0.25, -0.2) is 0 Å². The smallest absolute Gasteiger partial charge is 0.118 e. The summed E-state index contributed by atoms with van der Waals surface area (Å²) in [5, 5.41) is 0. The molecule has 0 aliphatic heterocycles. The van der Waals surface area contributed by atoms with Crippen LogP contribution in [-0.2, 0) is 18.0 Å². The molecule has 4 heteroatoms. The molecule has 0 atom stereocenters. The number of methoxy groups -OCH3 is 1. The first kappa shape index (κ1) is 13.9. The highest BCUT2D eigenvalue weighted by Crippen LogP contribution is 2.24. The summed E-state index contributed by atoms with van der Waals surface area (Å²) < 4.78 is 11.7. The number of hydrogen-bond acceptors (Lipinski definition) is 3. The Morgan fingerprint density at radius 3 is 2.47 bits per heavy atom. The standard InChI is InChI=1S/C15H16BrNO2/c1-18-13-7-5-11(6-8-13)9-19-10-12-3-2-4-14(17)15(12)16/h2-8H,9-10,17H2,1H3. The number of hydrogen-bond donors (Lipinski definition) is 1. The van der Waals surface area contributed by atoms with Crippen LogP contribution in [0.3, 0.4) is 0 Å². The highest BCUT2D eigenvalue weighted by Gasteiger charge is 2.03. The fourth-order valence-electron chi connectivity index (χ4n) is 1.71. The fraction of sp³-hybridized carbons (Fsp3) is 0.200. The quantitative estimate of drug-likeness (QED) is 0.853. The predicted octanol–water partition coefficient (Wildman–Crippen LogP) is 3.76. The zero-order valence-electron chi connectivity index (χ0n) is 10.7. The molecule has 0 saturated heterocycles. The first-order valence-corrected chi connectivity index (χ1v) is 6.73. The third kappa shape index (κ3) is 3.72. The Kier molecular flexibility index (Phi) is 4.82. The van der Waals surface area contributed by atoms with Crippen LogP contribution in [0.25, 0.3) is 0 Å². The fourth-order valence-corrected chi connectivity index (χ4v) is 2.09. The topological polar surface area (TPSA) is 44.5 Å². The number of nitrogens with two attached hydrogens (primary N) is 1. The van der Waals surface area contributed by atoms with E-state index in [1.807, 2.05) is 42.5 Å². The summed E-state index contributed by atoms with van der Waals surface area (Å²) in [5.74, 6) is 0.849. The Hall–Kier alpha value is -1.52. The molecule has 0 heterocycles. The van der Waals surface area contributed by atoms with E-state index in [0.717, 1.165) is 27.0 Å². The van der Waals surface area contributed by atoms with E-state index >= 15 is 0 Å². The summed E-state index contributed by atoms with van der Waals surface area (Å²) in [7, 11) is 1.66. The molecule has 0 aromatic heterocycles. The van der Waals surface area contributed by atoms with Crippen molar-refractivity contribution in [1.29, 1.82) is 0 Å². The Labute approximate surface area is 121 Å². The average Bonchev–Trinajstić information content (AvgIpc) is 2.44. The Morgan fingerprint density at radius 2 is 1.79 bits per heavy atom. The lowest BCUT2D eigenvalue weighted by molar-refractivity contribution is 0.107.